The Morgan fingerprint density at radius 1 is 1.30 bits per heavy atom. The number of rotatable bonds is 3. The van der Waals surface area contributed by atoms with Gasteiger partial charge in [-0.1, -0.05) is 32.9 Å². The first-order valence-electron chi connectivity index (χ1n) is 7.48. The van der Waals surface area contributed by atoms with Gasteiger partial charge in [0.15, 0.2) is 0 Å². The molecule has 0 saturated carbocycles. The Balaban J connectivity index is 1.83. The van der Waals surface area contributed by atoms with Crippen LogP contribution in [0.4, 0.5) is 5.69 Å². The van der Waals surface area contributed by atoms with Crippen LogP contribution in [0.25, 0.3) is 0 Å². The number of nitrogens with zero attached hydrogens (tertiary/aromatic N) is 1. The van der Waals surface area contributed by atoms with E-state index in [-0.39, 0.29) is 5.91 Å². The lowest BCUT2D eigenvalue weighted by Crippen LogP contribution is -2.31. The minimum Gasteiger partial charge on any atom is -0.399 e. The molecule has 1 atom stereocenters. The largest absolute Gasteiger partial charge is 0.399 e. The van der Waals surface area contributed by atoms with Crippen LogP contribution < -0.4 is 5.73 Å². The molecule has 0 bridgehead atoms. The number of hydrogen-bond donors (Lipinski definition) is 1. The number of anilines is 1. The first kappa shape index (κ1) is 14.9. The van der Waals surface area contributed by atoms with Crippen LogP contribution in [0.15, 0.2) is 24.3 Å². The average molecular weight is 274 g/mol. The average Bonchev–Trinajstić information content (AvgIpc) is 2.87. The predicted octanol–water partition coefficient (Wildman–Crippen LogP) is 3.10. The van der Waals surface area contributed by atoms with Crippen molar-refractivity contribution in [1.82, 2.24) is 4.90 Å². The second kappa shape index (κ2) is 5.86. The molecular weight excluding hydrogens is 248 g/mol. The van der Waals surface area contributed by atoms with Crippen molar-refractivity contribution < 1.29 is 4.79 Å². The van der Waals surface area contributed by atoms with Crippen molar-refractivity contribution in [1.29, 1.82) is 0 Å². The quantitative estimate of drug-likeness (QED) is 0.861. The Labute approximate surface area is 122 Å². The van der Waals surface area contributed by atoms with Crippen LogP contribution in [0.1, 0.15) is 39.2 Å². The van der Waals surface area contributed by atoms with Crippen molar-refractivity contribution in [3.8, 4) is 0 Å². The molecule has 0 aromatic heterocycles. The number of nitrogens with two attached hydrogens (primary N) is 1. The molecule has 1 fully saturated rings. The maximum Gasteiger partial charge on any atom is 0.222 e. The zero-order valence-electron chi connectivity index (χ0n) is 12.9. The summed E-state index contributed by atoms with van der Waals surface area (Å²) < 4.78 is 0. The van der Waals surface area contributed by atoms with Crippen molar-refractivity contribution in [3.05, 3.63) is 29.8 Å². The maximum absolute atomic E-state index is 12.3. The Kier molecular flexibility index (Phi) is 4.36. The third-order valence-corrected chi connectivity index (χ3v) is 4.37. The fourth-order valence-corrected chi connectivity index (χ4v) is 2.79. The Hall–Kier alpha value is -1.51. The van der Waals surface area contributed by atoms with E-state index < -0.39 is 0 Å². The molecule has 1 aliphatic heterocycles. The summed E-state index contributed by atoms with van der Waals surface area (Å²) in [4.78, 5) is 14.3. The van der Waals surface area contributed by atoms with Crippen molar-refractivity contribution in [3.63, 3.8) is 0 Å². The molecule has 110 valence electrons. The molecule has 1 heterocycles. The summed E-state index contributed by atoms with van der Waals surface area (Å²) in [6, 6.07) is 7.80. The number of amides is 1. The summed E-state index contributed by atoms with van der Waals surface area (Å²) in [5.74, 6) is 0.913. The highest BCUT2D eigenvalue weighted by molar-refractivity contribution is 5.76. The van der Waals surface area contributed by atoms with Gasteiger partial charge < -0.3 is 10.6 Å². The lowest BCUT2D eigenvalue weighted by atomic mass is 9.80. The van der Waals surface area contributed by atoms with Gasteiger partial charge in [0.1, 0.15) is 0 Å². The summed E-state index contributed by atoms with van der Waals surface area (Å²) in [7, 11) is 0. The highest BCUT2D eigenvalue weighted by Gasteiger charge is 2.33. The standard InChI is InChI=1S/C17H26N2O/c1-17(2,3)14-10-11-19(12-14)16(20)9-6-13-4-7-15(18)8-5-13/h4-5,7-8,14H,6,9-12,18H2,1-3H3. The van der Waals surface area contributed by atoms with Gasteiger partial charge in [0.25, 0.3) is 0 Å². The monoisotopic (exact) mass is 274 g/mol. The summed E-state index contributed by atoms with van der Waals surface area (Å²) >= 11 is 0. The SMILES string of the molecule is CC(C)(C)C1CCN(C(=O)CCc2ccc(N)cc2)C1. The lowest BCUT2D eigenvalue weighted by molar-refractivity contribution is -0.130. The molecule has 1 aliphatic rings. The van der Waals surface area contributed by atoms with E-state index in [1.807, 2.05) is 29.2 Å². The molecule has 1 saturated heterocycles. The van der Waals surface area contributed by atoms with Crippen LogP contribution in [0.5, 0.6) is 0 Å². The maximum atomic E-state index is 12.3. The van der Waals surface area contributed by atoms with Gasteiger partial charge in [-0.15, -0.1) is 0 Å². The summed E-state index contributed by atoms with van der Waals surface area (Å²) in [5, 5.41) is 0. The Morgan fingerprint density at radius 3 is 2.50 bits per heavy atom. The minimum atomic E-state index is 0.286. The smallest absolute Gasteiger partial charge is 0.222 e. The highest BCUT2D eigenvalue weighted by Crippen LogP contribution is 2.33. The van der Waals surface area contributed by atoms with Crippen molar-refractivity contribution >= 4 is 11.6 Å². The molecule has 2 rings (SSSR count). The van der Waals surface area contributed by atoms with Gasteiger partial charge in [-0.3, -0.25) is 4.79 Å². The van der Waals surface area contributed by atoms with E-state index in [9.17, 15) is 4.79 Å². The fraction of sp³-hybridized carbons (Fsp3) is 0.588. The van der Waals surface area contributed by atoms with Gasteiger partial charge in [0.2, 0.25) is 5.91 Å². The summed E-state index contributed by atoms with van der Waals surface area (Å²) in [6.07, 6.45) is 2.54. The summed E-state index contributed by atoms with van der Waals surface area (Å²) in [6.45, 7) is 8.63. The Bertz CT molecular complexity index is 459. The summed E-state index contributed by atoms with van der Waals surface area (Å²) in [5.41, 5.74) is 7.91. The van der Waals surface area contributed by atoms with E-state index >= 15 is 0 Å². The molecule has 3 heteroatoms. The molecule has 3 nitrogen and oxygen atoms in total. The van der Waals surface area contributed by atoms with Gasteiger partial charge in [-0.2, -0.15) is 0 Å². The fourth-order valence-electron chi connectivity index (χ4n) is 2.79. The van der Waals surface area contributed by atoms with Crippen LogP contribution in [0.2, 0.25) is 0 Å². The van der Waals surface area contributed by atoms with Crippen LogP contribution >= 0.6 is 0 Å². The highest BCUT2D eigenvalue weighted by atomic mass is 16.2. The van der Waals surface area contributed by atoms with E-state index in [1.54, 1.807) is 0 Å². The number of carbonyl (C=O) groups is 1. The zero-order valence-corrected chi connectivity index (χ0v) is 12.9. The molecule has 0 radical (unpaired) electrons. The number of aryl methyl sites for hydroxylation is 1. The topological polar surface area (TPSA) is 46.3 Å². The number of likely N-dealkylation sites (tertiary alicyclic amines) is 1. The van der Waals surface area contributed by atoms with Gasteiger partial charge in [-0.25, -0.2) is 0 Å². The third kappa shape index (κ3) is 3.75. The van der Waals surface area contributed by atoms with Crippen molar-refractivity contribution in [2.75, 3.05) is 18.8 Å². The van der Waals surface area contributed by atoms with Crippen LogP contribution in [-0.2, 0) is 11.2 Å². The van der Waals surface area contributed by atoms with E-state index in [4.69, 9.17) is 5.73 Å². The second-order valence-corrected chi connectivity index (χ2v) is 6.93. The van der Waals surface area contributed by atoms with Gasteiger partial charge >= 0.3 is 0 Å². The van der Waals surface area contributed by atoms with Crippen LogP contribution in [0.3, 0.4) is 0 Å². The molecule has 1 amide bonds. The molecule has 0 spiro atoms. The number of benzene rings is 1. The predicted molar refractivity (Wildman–Crippen MR) is 83.3 cm³/mol. The van der Waals surface area contributed by atoms with E-state index in [2.05, 4.69) is 20.8 Å². The molecule has 1 aromatic carbocycles. The molecule has 1 aromatic rings. The second-order valence-electron chi connectivity index (χ2n) is 6.93. The lowest BCUT2D eigenvalue weighted by Gasteiger charge is -2.27. The van der Waals surface area contributed by atoms with Gasteiger partial charge in [-0.05, 0) is 41.9 Å². The van der Waals surface area contributed by atoms with Crippen molar-refractivity contribution in [2.24, 2.45) is 11.3 Å². The first-order chi connectivity index (χ1) is 9.36. The van der Waals surface area contributed by atoms with Crippen molar-refractivity contribution in [2.45, 2.75) is 40.0 Å². The molecule has 2 N–H and O–H groups in total. The van der Waals surface area contributed by atoms with Gasteiger partial charge in [0, 0.05) is 25.2 Å². The minimum absolute atomic E-state index is 0.286. The van der Waals surface area contributed by atoms with E-state index in [1.165, 1.54) is 5.56 Å². The van der Waals surface area contributed by atoms with E-state index in [0.717, 1.165) is 31.6 Å². The number of carbonyl (C=O) groups excluding carboxylic acids is 1. The number of nitrogen functional groups attached to an aromatic ring is 1. The third-order valence-electron chi connectivity index (χ3n) is 4.37. The van der Waals surface area contributed by atoms with Crippen LogP contribution in [0, 0.1) is 11.3 Å². The first-order valence-corrected chi connectivity index (χ1v) is 7.48. The van der Waals surface area contributed by atoms with Crippen LogP contribution in [-0.4, -0.2) is 23.9 Å². The molecule has 1 unspecified atom stereocenters. The normalized spacial score (nSPS) is 19.4. The molecule has 20 heavy (non-hydrogen) atoms. The molecule has 0 aliphatic carbocycles. The Morgan fingerprint density at radius 2 is 1.95 bits per heavy atom. The number of hydrogen-bond acceptors (Lipinski definition) is 2. The van der Waals surface area contributed by atoms with Gasteiger partial charge in [0.05, 0.1) is 0 Å². The zero-order chi connectivity index (χ0) is 14.8. The molecular formula is C17H26N2O. The van der Waals surface area contributed by atoms with E-state index in [0.29, 0.717) is 17.8 Å².